The highest BCUT2D eigenvalue weighted by Crippen LogP contribution is 2.26. The summed E-state index contributed by atoms with van der Waals surface area (Å²) < 4.78 is 0. The van der Waals surface area contributed by atoms with E-state index in [4.69, 9.17) is 5.73 Å². The number of carbonyl (C=O) groups is 2. The van der Waals surface area contributed by atoms with Gasteiger partial charge in [-0.1, -0.05) is 32.4 Å². The molecule has 1 aliphatic carbocycles. The van der Waals surface area contributed by atoms with Crippen LogP contribution in [0.3, 0.4) is 0 Å². The van der Waals surface area contributed by atoms with Gasteiger partial charge in [-0.2, -0.15) is 0 Å². The number of hydrogen-bond acceptors (Lipinski definition) is 3. The zero-order chi connectivity index (χ0) is 17.5. The standard InChI is InChI=1S/C19H29N3O2/c1-3-13(2)19(24)22-16-8-4-6-14(10-16)12-21-18(23)11-15-7-5-9-17(15)20/h4,6,8,10,13,15,17H,3,5,7,9,11-12,20H2,1-2H3,(H,21,23)(H,22,24)/t13?,15-,17+/m0/s1. The summed E-state index contributed by atoms with van der Waals surface area (Å²) in [6.07, 6.45) is 4.51. The molecular formula is C19H29N3O2. The first kappa shape index (κ1) is 18.5. The van der Waals surface area contributed by atoms with Crippen LogP contribution in [-0.2, 0) is 16.1 Å². The van der Waals surface area contributed by atoms with Crippen LogP contribution in [0.15, 0.2) is 24.3 Å². The number of rotatable bonds is 7. The van der Waals surface area contributed by atoms with E-state index in [-0.39, 0.29) is 23.8 Å². The van der Waals surface area contributed by atoms with Crippen LogP contribution in [0.25, 0.3) is 0 Å². The molecule has 1 aromatic carbocycles. The Morgan fingerprint density at radius 3 is 2.79 bits per heavy atom. The lowest BCUT2D eigenvalue weighted by atomic mass is 10.00. The largest absolute Gasteiger partial charge is 0.352 e. The summed E-state index contributed by atoms with van der Waals surface area (Å²) in [6, 6.07) is 7.77. The lowest BCUT2D eigenvalue weighted by Gasteiger charge is -2.15. The van der Waals surface area contributed by atoms with Gasteiger partial charge in [0.1, 0.15) is 0 Å². The number of nitrogens with two attached hydrogens (primary N) is 1. The smallest absolute Gasteiger partial charge is 0.227 e. The molecule has 2 amide bonds. The number of nitrogens with one attached hydrogen (secondary N) is 2. The van der Waals surface area contributed by atoms with Crippen LogP contribution in [0, 0.1) is 11.8 Å². The Labute approximate surface area is 144 Å². The van der Waals surface area contributed by atoms with E-state index in [9.17, 15) is 9.59 Å². The summed E-state index contributed by atoms with van der Waals surface area (Å²) in [5.41, 5.74) is 7.76. The predicted octanol–water partition coefficient (Wildman–Crippen LogP) is 2.80. The highest BCUT2D eigenvalue weighted by molar-refractivity contribution is 5.92. The minimum absolute atomic E-state index is 0.0102. The van der Waals surface area contributed by atoms with Crippen molar-refractivity contribution in [2.75, 3.05) is 5.32 Å². The number of benzene rings is 1. The van der Waals surface area contributed by atoms with Crippen molar-refractivity contribution in [1.29, 1.82) is 0 Å². The van der Waals surface area contributed by atoms with E-state index in [0.717, 1.165) is 36.9 Å². The van der Waals surface area contributed by atoms with Crippen molar-refractivity contribution >= 4 is 17.5 Å². The van der Waals surface area contributed by atoms with Crippen molar-refractivity contribution in [3.63, 3.8) is 0 Å². The Morgan fingerprint density at radius 1 is 1.33 bits per heavy atom. The lowest BCUT2D eigenvalue weighted by molar-refractivity contribution is -0.122. The topological polar surface area (TPSA) is 84.2 Å². The monoisotopic (exact) mass is 331 g/mol. The molecule has 0 spiro atoms. The summed E-state index contributed by atoms with van der Waals surface area (Å²) in [5.74, 6) is 0.371. The molecule has 132 valence electrons. The van der Waals surface area contributed by atoms with Gasteiger partial charge in [-0.3, -0.25) is 9.59 Å². The molecule has 0 aliphatic heterocycles. The fraction of sp³-hybridized carbons (Fsp3) is 0.579. The minimum Gasteiger partial charge on any atom is -0.352 e. The molecule has 0 heterocycles. The maximum atomic E-state index is 12.1. The van der Waals surface area contributed by atoms with Crippen molar-refractivity contribution in [3.05, 3.63) is 29.8 Å². The maximum Gasteiger partial charge on any atom is 0.227 e. The zero-order valence-electron chi connectivity index (χ0n) is 14.7. The maximum absolute atomic E-state index is 12.1. The van der Waals surface area contributed by atoms with E-state index in [1.807, 2.05) is 38.1 Å². The van der Waals surface area contributed by atoms with Crippen LogP contribution in [0.5, 0.6) is 0 Å². The molecule has 5 heteroatoms. The number of carbonyl (C=O) groups excluding carboxylic acids is 2. The third-order valence-electron chi connectivity index (χ3n) is 4.91. The molecule has 0 bridgehead atoms. The molecule has 1 fully saturated rings. The van der Waals surface area contributed by atoms with Crippen molar-refractivity contribution in [2.24, 2.45) is 17.6 Å². The van der Waals surface area contributed by atoms with Gasteiger partial charge in [-0.05, 0) is 42.9 Å². The Balaban J connectivity index is 1.83. The molecule has 1 saturated carbocycles. The van der Waals surface area contributed by atoms with Crippen LogP contribution in [0.1, 0.15) is 51.5 Å². The van der Waals surface area contributed by atoms with Crippen molar-refractivity contribution in [1.82, 2.24) is 5.32 Å². The van der Waals surface area contributed by atoms with Crippen LogP contribution in [0.4, 0.5) is 5.69 Å². The molecule has 1 unspecified atom stereocenters. The van der Waals surface area contributed by atoms with Gasteiger partial charge in [0.2, 0.25) is 11.8 Å². The second kappa shape index (κ2) is 8.83. The molecular weight excluding hydrogens is 302 g/mol. The van der Waals surface area contributed by atoms with Gasteiger partial charge < -0.3 is 16.4 Å². The third kappa shape index (κ3) is 5.34. The summed E-state index contributed by atoms with van der Waals surface area (Å²) in [5, 5.41) is 5.87. The average Bonchev–Trinajstić information content (AvgIpc) is 2.97. The Hall–Kier alpha value is -1.88. The average molecular weight is 331 g/mol. The first-order valence-corrected chi connectivity index (χ1v) is 8.91. The van der Waals surface area contributed by atoms with Gasteiger partial charge in [-0.25, -0.2) is 0 Å². The molecule has 0 saturated heterocycles. The number of hydrogen-bond donors (Lipinski definition) is 3. The second-order valence-electron chi connectivity index (χ2n) is 6.83. The van der Waals surface area contributed by atoms with Crippen molar-refractivity contribution < 1.29 is 9.59 Å². The highest BCUT2D eigenvalue weighted by Gasteiger charge is 2.25. The summed E-state index contributed by atoms with van der Waals surface area (Å²) >= 11 is 0. The Bertz CT molecular complexity index is 573. The first-order valence-electron chi connectivity index (χ1n) is 8.91. The molecule has 1 aliphatic rings. The van der Waals surface area contributed by atoms with Gasteiger partial charge in [0.05, 0.1) is 0 Å². The van der Waals surface area contributed by atoms with Gasteiger partial charge in [-0.15, -0.1) is 0 Å². The van der Waals surface area contributed by atoms with Gasteiger partial charge in [0.15, 0.2) is 0 Å². The van der Waals surface area contributed by atoms with Gasteiger partial charge in [0, 0.05) is 30.6 Å². The summed E-state index contributed by atoms with van der Waals surface area (Å²) in [6.45, 7) is 4.37. The number of amides is 2. The zero-order valence-corrected chi connectivity index (χ0v) is 14.7. The van der Waals surface area contributed by atoms with Gasteiger partial charge >= 0.3 is 0 Å². The van der Waals surface area contributed by atoms with Gasteiger partial charge in [0.25, 0.3) is 0 Å². The Morgan fingerprint density at radius 2 is 2.12 bits per heavy atom. The van der Waals surface area contributed by atoms with E-state index in [1.54, 1.807) is 0 Å². The lowest BCUT2D eigenvalue weighted by Crippen LogP contribution is -2.31. The quantitative estimate of drug-likeness (QED) is 0.718. The minimum atomic E-state index is -0.0102. The SMILES string of the molecule is CCC(C)C(=O)Nc1cccc(CNC(=O)C[C@@H]2CCC[C@H]2N)c1. The molecule has 5 nitrogen and oxygen atoms in total. The van der Waals surface area contributed by atoms with Crippen molar-refractivity contribution in [2.45, 2.75) is 58.5 Å². The van der Waals surface area contributed by atoms with E-state index < -0.39 is 0 Å². The molecule has 3 atom stereocenters. The fourth-order valence-corrected chi connectivity index (χ4v) is 3.04. The summed E-state index contributed by atoms with van der Waals surface area (Å²) in [7, 11) is 0. The van der Waals surface area contributed by atoms with E-state index in [1.165, 1.54) is 0 Å². The molecule has 0 radical (unpaired) electrons. The molecule has 0 aromatic heterocycles. The molecule has 24 heavy (non-hydrogen) atoms. The molecule has 4 N–H and O–H groups in total. The van der Waals surface area contributed by atoms with Crippen LogP contribution in [-0.4, -0.2) is 17.9 Å². The first-order chi connectivity index (χ1) is 11.5. The number of anilines is 1. The molecule has 2 rings (SSSR count). The van der Waals surface area contributed by atoms with Crippen LogP contribution in [0.2, 0.25) is 0 Å². The van der Waals surface area contributed by atoms with Crippen molar-refractivity contribution in [3.8, 4) is 0 Å². The normalized spacial score (nSPS) is 21.3. The van der Waals surface area contributed by atoms with E-state index in [0.29, 0.717) is 18.9 Å². The van der Waals surface area contributed by atoms with Crippen LogP contribution >= 0.6 is 0 Å². The van der Waals surface area contributed by atoms with E-state index in [2.05, 4.69) is 10.6 Å². The predicted molar refractivity (Wildman–Crippen MR) is 96.3 cm³/mol. The Kier molecular flexibility index (Phi) is 6.79. The highest BCUT2D eigenvalue weighted by atomic mass is 16.2. The third-order valence-corrected chi connectivity index (χ3v) is 4.91. The van der Waals surface area contributed by atoms with Crippen LogP contribution < -0.4 is 16.4 Å². The fourth-order valence-electron chi connectivity index (χ4n) is 3.04. The summed E-state index contributed by atoms with van der Waals surface area (Å²) in [4.78, 5) is 24.0. The molecule has 1 aromatic rings. The van der Waals surface area contributed by atoms with E-state index >= 15 is 0 Å². The second-order valence-corrected chi connectivity index (χ2v) is 6.83.